The first-order chi connectivity index (χ1) is 19.9. The van der Waals surface area contributed by atoms with Gasteiger partial charge in [-0.2, -0.15) is 0 Å². The number of esters is 3. The van der Waals surface area contributed by atoms with E-state index in [4.69, 9.17) is 18.9 Å². The predicted octanol–water partition coefficient (Wildman–Crippen LogP) is 1.84. The van der Waals surface area contributed by atoms with Gasteiger partial charge in [-0.3, -0.25) is 14.4 Å². The van der Waals surface area contributed by atoms with Gasteiger partial charge in [-0.25, -0.2) is 4.79 Å². The zero-order valence-electron chi connectivity index (χ0n) is 25.6. The number of rotatable bonds is 5. The van der Waals surface area contributed by atoms with E-state index in [0.717, 1.165) is 0 Å². The Balaban J connectivity index is 1.47. The maximum atomic E-state index is 13.7. The molecule has 3 N–H and O–H groups in total. The molecule has 6 rings (SSSR count). The van der Waals surface area contributed by atoms with Gasteiger partial charge in [0.1, 0.15) is 41.7 Å². The van der Waals surface area contributed by atoms with Gasteiger partial charge in [0.15, 0.2) is 5.78 Å². The lowest BCUT2D eigenvalue weighted by molar-refractivity contribution is -0.303. The number of ether oxygens (including phenoxy) is 4. The quantitative estimate of drug-likeness (QED) is 0.238. The van der Waals surface area contributed by atoms with Crippen molar-refractivity contribution in [3.8, 4) is 0 Å². The summed E-state index contributed by atoms with van der Waals surface area (Å²) in [7, 11) is 0. The van der Waals surface area contributed by atoms with E-state index in [-0.39, 0.29) is 37.9 Å². The first kappa shape index (κ1) is 30.4. The summed E-state index contributed by atoms with van der Waals surface area (Å²) < 4.78 is 23.2. The van der Waals surface area contributed by atoms with E-state index in [2.05, 4.69) is 0 Å². The zero-order chi connectivity index (χ0) is 31.5. The Morgan fingerprint density at radius 1 is 1.09 bits per heavy atom. The number of carbonyl (C=O) groups excluding carboxylic acids is 4. The zero-order valence-corrected chi connectivity index (χ0v) is 25.6. The van der Waals surface area contributed by atoms with Crippen molar-refractivity contribution < 1.29 is 53.4 Å². The van der Waals surface area contributed by atoms with Gasteiger partial charge in [0.2, 0.25) is 0 Å². The first-order valence-corrected chi connectivity index (χ1v) is 15.2. The Morgan fingerprint density at radius 2 is 1.79 bits per heavy atom. The minimum absolute atomic E-state index is 0.000778. The Bertz CT molecular complexity index is 1360. The highest BCUT2D eigenvalue weighted by molar-refractivity contribution is 5.98. The molecule has 11 heteroatoms. The molecule has 2 aliphatic heterocycles. The number of cyclic esters (lactones) is 1. The average Bonchev–Trinajstić information content (AvgIpc) is 3.62. The molecule has 2 heterocycles. The van der Waals surface area contributed by atoms with Gasteiger partial charge in [-0.1, -0.05) is 5.57 Å². The van der Waals surface area contributed by atoms with Crippen LogP contribution in [-0.2, 0) is 38.1 Å². The minimum atomic E-state index is -2.08. The van der Waals surface area contributed by atoms with E-state index >= 15 is 0 Å². The molecule has 0 bridgehead atoms. The van der Waals surface area contributed by atoms with Crippen LogP contribution in [-0.4, -0.2) is 86.3 Å². The number of allylic oxidation sites excluding steroid dienone is 1. The molecule has 0 aromatic rings. The molecule has 0 radical (unpaired) electrons. The number of aliphatic hydroxyl groups is 3. The lowest BCUT2D eigenvalue weighted by Crippen LogP contribution is -2.76. The van der Waals surface area contributed by atoms with Crippen molar-refractivity contribution in [2.45, 2.75) is 121 Å². The van der Waals surface area contributed by atoms with Crippen LogP contribution in [0.15, 0.2) is 23.3 Å². The third kappa shape index (κ3) is 3.56. The second-order valence-electron chi connectivity index (χ2n) is 14.1. The number of hydrogen-bond acceptors (Lipinski definition) is 11. The lowest BCUT2D eigenvalue weighted by atomic mass is 9.41. The summed E-state index contributed by atoms with van der Waals surface area (Å²) in [4.78, 5) is 50.9. The SMILES string of the molecule is CC(=O)OC[C@]12CC[C@H]3[C@@H](C[C@H](OC(C)=O)[C@]45O[C@H]4C=CC(=O)[C@]35C)[C@]1(O)CC[C@@]2(O)[C@@](C)(O)C1CC(C)=C(C)C(=O)O1. The molecule has 6 aliphatic rings. The van der Waals surface area contributed by atoms with E-state index in [1.165, 1.54) is 26.8 Å². The topological polar surface area (TPSA) is 169 Å². The van der Waals surface area contributed by atoms with Crippen molar-refractivity contribution in [3.63, 3.8) is 0 Å². The average molecular weight is 603 g/mol. The van der Waals surface area contributed by atoms with E-state index in [9.17, 15) is 34.5 Å². The van der Waals surface area contributed by atoms with E-state index in [1.54, 1.807) is 19.9 Å². The van der Waals surface area contributed by atoms with Gasteiger partial charge in [-0.15, -0.1) is 0 Å². The van der Waals surface area contributed by atoms with Gasteiger partial charge in [0, 0.05) is 25.8 Å². The van der Waals surface area contributed by atoms with E-state index in [0.29, 0.717) is 17.6 Å². The van der Waals surface area contributed by atoms with Crippen LogP contribution >= 0.6 is 0 Å². The highest BCUT2D eigenvalue weighted by Crippen LogP contribution is 2.74. The summed E-state index contributed by atoms with van der Waals surface area (Å²) in [6.45, 7) is 8.73. The van der Waals surface area contributed by atoms with Crippen LogP contribution in [0.5, 0.6) is 0 Å². The fraction of sp³-hybridized carbons (Fsp3) is 0.750. The van der Waals surface area contributed by atoms with Gasteiger partial charge in [-0.05, 0) is 83.8 Å². The van der Waals surface area contributed by atoms with E-state index in [1.807, 2.05) is 6.92 Å². The summed E-state index contributed by atoms with van der Waals surface area (Å²) in [6.07, 6.45) is 1.46. The third-order valence-corrected chi connectivity index (χ3v) is 12.6. The summed E-state index contributed by atoms with van der Waals surface area (Å²) in [5.41, 5.74) is -8.56. The molecule has 1 unspecified atom stereocenters. The molecule has 4 fully saturated rings. The van der Waals surface area contributed by atoms with Crippen LogP contribution in [0, 0.1) is 22.7 Å². The molecule has 1 spiro atoms. The van der Waals surface area contributed by atoms with Crippen molar-refractivity contribution in [2.24, 2.45) is 22.7 Å². The predicted molar refractivity (Wildman–Crippen MR) is 148 cm³/mol. The lowest BCUT2D eigenvalue weighted by Gasteiger charge is -2.65. The Morgan fingerprint density at radius 3 is 2.42 bits per heavy atom. The second-order valence-corrected chi connectivity index (χ2v) is 14.1. The fourth-order valence-corrected chi connectivity index (χ4v) is 10.0. The molecule has 11 nitrogen and oxygen atoms in total. The molecule has 11 atom stereocenters. The number of ketones is 1. The van der Waals surface area contributed by atoms with Crippen molar-refractivity contribution in [1.82, 2.24) is 0 Å². The molecule has 0 aromatic heterocycles. The van der Waals surface area contributed by atoms with Crippen molar-refractivity contribution in [2.75, 3.05) is 6.61 Å². The smallest absolute Gasteiger partial charge is 0.334 e. The van der Waals surface area contributed by atoms with Crippen molar-refractivity contribution >= 4 is 23.7 Å². The van der Waals surface area contributed by atoms with Crippen LogP contribution in [0.4, 0.5) is 0 Å². The highest BCUT2D eigenvalue weighted by atomic mass is 16.7. The second kappa shape index (κ2) is 9.22. The fourth-order valence-electron chi connectivity index (χ4n) is 10.0. The van der Waals surface area contributed by atoms with Gasteiger partial charge in [0.05, 0.1) is 16.4 Å². The molecule has 236 valence electrons. The van der Waals surface area contributed by atoms with Crippen molar-refractivity contribution in [1.29, 1.82) is 0 Å². The number of hydrogen-bond donors (Lipinski definition) is 3. The first-order valence-electron chi connectivity index (χ1n) is 15.2. The van der Waals surface area contributed by atoms with Gasteiger partial charge in [0.25, 0.3) is 0 Å². The van der Waals surface area contributed by atoms with E-state index < -0.39 is 87.9 Å². The van der Waals surface area contributed by atoms with Crippen LogP contribution in [0.1, 0.15) is 80.1 Å². The molecule has 3 saturated carbocycles. The summed E-state index contributed by atoms with van der Waals surface area (Å²) in [5.74, 6) is -3.07. The Hall–Kier alpha value is -2.60. The molecule has 0 aromatic carbocycles. The molecular weight excluding hydrogens is 560 g/mol. The number of fused-ring (bicyclic) bond motifs is 4. The molecule has 1 saturated heterocycles. The maximum absolute atomic E-state index is 13.7. The molecule has 0 amide bonds. The van der Waals surface area contributed by atoms with Crippen LogP contribution in [0.25, 0.3) is 0 Å². The van der Waals surface area contributed by atoms with Crippen LogP contribution < -0.4 is 0 Å². The molecule has 43 heavy (non-hydrogen) atoms. The maximum Gasteiger partial charge on any atom is 0.334 e. The van der Waals surface area contributed by atoms with Crippen LogP contribution in [0.3, 0.4) is 0 Å². The third-order valence-electron chi connectivity index (χ3n) is 12.6. The Labute approximate surface area is 250 Å². The highest BCUT2D eigenvalue weighted by Gasteiger charge is 2.85. The number of epoxide rings is 1. The van der Waals surface area contributed by atoms with Gasteiger partial charge >= 0.3 is 17.9 Å². The molecule has 4 aliphatic carbocycles. The summed E-state index contributed by atoms with van der Waals surface area (Å²) in [6, 6.07) is 0. The normalized spacial score (nSPS) is 47.8. The summed E-state index contributed by atoms with van der Waals surface area (Å²) in [5, 5.41) is 38.0. The summed E-state index contributed by atoms with van der Waals surface area (Å²) >= 11 is 0. The van der Waals surface area contributed by atoms with Crippen molar-refractivity contribution in [3.05, 3.63) is 23.3 Å². The Kier molecular flexibility index (Phi) is 6.52. The van der Waals surface area contributed by atoms with Gasteiger partial charge < -0.3 is 34.3 Å². The van der Waals surface area contributed by atoms with Crippen LogP contribution in [0.2, 0.25) is 0 Å². The monoisotopic (exact) mass is 602 g/mol. The molecular formula is C32H42O11. The number of carbonyl (C=O) groups is 4. The minimum Gasteiger partial charge on any atom is -0.465 e. The largest absolute Gasteiger partial charge is 0.465 e. The standard InChI is InChI=1S/C32H42O11/c1-16-13-24(42-26(36)17(16)2)28(6,37)31(39)12-11-30(38)21-14-25(41-19(4)34)32-23(43-32)8-7-22(35)27(32,5)20(21)9-10-29(30,31)15-40-18(3)33/h7-8,20-21,23-25,37-39H,9-15H2,1-6H3/t20-,21+,23-,24?,25-,27-,28-,29+,30+,31+,32+/m0/s1.